The molecule has 0 aromatic carbocycles. The van der Waals surface area contributed by atoms with E-state index in [1.165, 1.54) is 147 Å². The van der Waals surface area contributed by atoms with Crippen LogP contribution in [0.2, 0.25) is 0 Å². The molecule has 2 atom stereocenters. The lowest BCUT2D eigenvalue weighted by atomic mass is 10.2. The molecule has 0 aromatic heterocycles. The molecule has 0 saturated heterocycles. The number of alkyl carbamates (subject to hydrolysis) is 2. The lowest BCUT2D eigenvalue weighted by molar-refractivity contribution is -0.926. The number of amides is 6. The van der Waals surface area contributed by atoms with E-state index in [9.17, 15) is 47.9 Å². The van der Waals surface area contributed by atoms with Crippen LogP contribution in [0, 0.1) is 0 Å². The van der Waals surface area contributed by atoms with Gasteiger partial charge in [0.2, 0.25) is 20.5 Å². The predicted molar refractivity (Wildman–Crippen MR) is 604 cm³/mol. The van der Waals surface area contributed by atoms with Crippen molar-refractivity contribution in [2.24, 2.45) is 22.9 Å². The molecular weight excluding hydrogens is 1870 g/mol. The van der Waals surface area contributed by atoms with Gasteiger partial charge >= 0.3 is 36.6 Å². The van der Waals surface area contributed by atoms with Gasteiger partial charge in [0, 0.05) is 14.1 Å². The van der Waals surface area contributed by atoms with Crippen LogP contribution in [0.3, 0.4) is 0 Å². The molecule has 0 aliphatic rings. The van der Waals surface area contributed by atoms with E-state index in [0.29, 0.717) is 39.6 Å². The maximum absolute atomic E-state index is 11.5. The number of likely N-dealkylation sites (N-methyl/N-ethyl adjacent to an activating group) is 6. The monoisotopic (exact) mass is 2100 g/mol. The van der Waals surface area contributed by atoms with E-state index < -0.39 is 24.4 Å². The smallest absolute Gasteiger partial charge is 0.407 e. The number of hydrogen-bond acceptors (Lipinski definition) is 20. The summed E-state index contributed by atoms with van der Waals surface area (Å²) in [5.41, 5.74) is 19.5. The summed E-state index contributed by atoms with van der Waals surface area (Å²) in [6, 6.07) is 0. The van der Waals surface area contributed by atoms with E-state index in [-0.39, 0.29) is 32.6 Å². The van der Waals surface area contributed by atoms with Gasteiger partial charge in [0.05, 0.1) is 250 Å². The zero-order chi connectivity index (χ0) is 111. The molecule has 0 fully saturated rings. The van der Waals surface area contributed by atoms with Crippen molar-refractivity contribution in [1.82, 2.24) is 10.6 Å². The first kappa shape index (κ1) is 155. The molecular formula is C105H228N16O16S4+10. The van der Waals surface area contributed by atoms with E-state index in [2.05, 4.69) is 182 Å². The van der Waals surface area contributed by atoms with Crippen LogP contribution in [-0.2, 0) is 47.6 Å². The SMILES string of the molecule is C/C=C/C(=O)SCC[N+](C)(C)C.C/C=C/C(=O)SCC[N+](CC)(CC)CC.C/C=C/C(=O)SCC[N+](CC)(CCC)CCC.C/C=C/C(=O)SCC[N+](CC)(CCC)CCCC.CCCC[N+](CC)(CCC)CCOC(N)=O.CCC[N+](CC)(CCC)CCOC(N)=O.CC[N+](CC)(CC)CCOC(=O)NC.CC[N+](CC)(CC)CCOC(N)=O.CNC(=O)OCC[N+](C)(C)C.C[N+](C)(C)CCOC(N)=O. The van der Waals surface area contributed by atoms with Gasteiger partial charge in [0.25, 0.3) is 0 Å². The van der Waals surface area contributed by atoms with Crippen LogP contribution in [0.4, 0.5) is 28.8 Å². The number of nitrogens with zero attached hydrogens (tertiary/aromatic N) is 10. The Morgan fingerprint density at radius 3 is 0.589 bits per heavy atom. The van der Waals surface area contributed by atoms with E-state index in [1.807, 2.05) is 82.1 Å². The van der Waals surface area contributed by atoms with Gasteiger partial charge in [-0.15, -0.1) is 0 Å². The van der Waals surface area contributed by atoms with E-state index in [1.54, 1.807) is 50.6 Å². The number of carbonyl (C=O) groups excluding carboxylic acids is 10. The van der Waals surface area contributed by atoms with Gasteiger partial charge in [0.15, 0.2) is 0 Å². The molecule has 0 radical (unpaired) electrons. The predicted octanol–water partition coefficient (Wildman–Crippen LogP) is 17.5. The first-order valence-corrected chi connectivity index (χ1v) is 57.0. The van der Waals surface area contributed by atoms with Gasteiger partial charge < -0.3 is 107 Å². The second kappa shape index (κ2) is 98.9. The number of nitrogens with one attached hydrogen (secondary N) is 2. The third-order valence-electron chi connectivity index (χ3n) is 25.2. The number of nitrogens with two attached hydrogens (primary N) is 4. The highest BCUT2D eigenvalue weighted by Crippen LogP contribution is 2.19. The van der Waals surface area contributed by atoms with Gasteiger partial charge in [-0.3, -0.25) is 19.2 Å². The van der Waals surface area contributed by atoms with Crippen LogP contribution < -0.4 is 33.6 Å². The van der Waals surface area contributed by atoms with Crippen molar-refractivity contribution in [1.29, 1.82) is 0 Å². The molecule has 10 N–H and O–H groups in total. The van der Waals surface area contributed by atoms with Crippen molar-refractivity contribution < 1.29 is 121 Å². The number of hydrogen-bond donors (Lipinski definition) is 6. The molecule has 0 aliphatic carbocycles. The summed E-state index contributed by atoms with van der Waals surface area (Å²) >= 11 is 5.73. The Morgan fingerprint density at radius 1 is 0.227 bits per heavy atom. The molecule has 0 bridgehead atoms. The second-order valence-corrected chi connectivity index (χ2v) is 42.6. The lowest BCUT2D eigenvalue weighted by Crippen LogP contribution is -2.51. The lowest BCUT2D eigenvalue weighted by Gasteiger charge is -2.37. The third-order valence-corrected chi connectivity index (χ3v) is 28.4. The van der Waals surface area contributed by atoms with Crippen molar-refractivity contribution in [3.63, 3.8) is 0 Å². The standard InChI is InChI=1S/C15H30NOS.C14H28NOS.C12H26N2O2.C12H24NOS.C11H24N2O2.C10H22N2O2.C9H20N2O2.C9H18NOS.C7H16N2O2.C6H14N2O2/c1-5-9-12-16(8-4,11-7-3)13-14-18-15(17)10-6-2;1-5-9-14(16)17-13-12-15(8-4,10-6-2)11-7-3;1-4-7-9-14(6-3,8-5-2)10-11-16-12(13)15;1-5-9-12(14)15-11-10-13(6-2,7-3)8-4;1-4-7-13(6-3,8-5-2)9-10-15-11(12)14;1-5-12(6-2,7-3)8-9-14-10(13)11-4;1-4-11(5-2,6-3)7-8-13-9(10)12;1-5-6-9(11)12-8-7-10(2,3)4;1-8-7(10)11-6-5-9(2,3)4;1-8(2,3)4-5-10-6(7)9/h6,10H,5,7-9,11-14H2,1-4H3;5,9H,6-8,10-13H2,1-4H3;4-11H2,1-3H3,(H-,13,15);5,9H,6-8,10-11H2,1-4H3;4-10H2,1-3H3,(H-,12,14);5-9H2,1-4H3;4-8H2,1-3H3,(H-,10,12);5-6H,7-8H2,1-4H3;5-6H2,1-4H3;4-5H2,1-3H3,(H-,7,9)/q2*+1;;+1;;;;+1;;/p+6/b10-6+;9-5+;;9-5+;;;;6-5+;;. The van der Waals surface area contributed by atoms with Crippen LogP contribution in [-0.4, -0.2) is 445 Å². The van der Waals surface area contributed by atoms with Crippen LogP contribution in [0.15, 0.2) is 48.6 Å². The summed E-state index contributed by atoms with van der Waals surface area (Å²) in [5.74, 6) is 3.71. The van der Waals surface area contributed by atoms with Crippen molar-refractivity contribution in [2.75, 3.05) is 343 Å². The Hall–Kier alpha value is -5.74. The number of rotatable bonds is 65. The van der Waals surface area contributed by atoms with Crippen molar-refractivity contribution in [3.8, 4) is 0 Å². The second-order valence-electron chi connectivity index (χ2n) is 38.2. The maximum atomic E-state index is 11.5. The van der Waals surface area contributed by atoms with Crippen LogP contribution in [0.5, 0.6) is 0 Å². The molecule has 32 nitrogen and oxygen atoms in total. The molecule has 0 heterocycles. The van der Waals surface area contributed by atoms with Crippen LogP contribution in [0.25, 0.3) is 0 Å². The summed E-state index contributed by atoms with van der Waals surface area (Å²) in [6.07, 6.45) is 22.5. The number of allylic oxidation sites excluding steroid dienone is 4. The Bertz CT molecular complexity index is 3130. The van der Waals surface area contributed by atoms with Crippen molar-refractivity contribution in [3.05, 3.63) is 48.6 Å². The first-order chi connectivity index (χ1) is 66.2. The summed E-state index contributed by atoms with van der Waals surface area (Å²) in [7, 11) is 21.7. The number of carbonyl (C=O) groups is 10. The first-order valence-electron chi connectivity index (χ1n) is 53.1. The molecule has 36 heteroatoms. The molecule has 2 unspecified atom stereocenters. The molecule has 6 amide bonds. The summed E-state index contributed by atoms with van der Waals surface area (Å²) in [6.45, 7) is 90.1. The number of ether oxygens (including phenoxy) is 6. The summed E-state index contributed by atoms with van der Waals surface area (Å²) in [5, 5.41) is 5.54. The molecule has 0 aromatic rings. The number of thioether (sulfide) groups is 4. The minimum atomic E-state index is -0.701. The van der Waals surface area contributed by atoms with Crippen molar-refractivity contribution in [2.45, 2.75) is 237 Å². The van der Waals surface area contributed by atoms with Gasteiger partial charge in [-0.1, -0.05) is 140 Å². The highest BCUT2D eigenvalue weighted by molar-refractivity contribution is 8.14. The average Bonchev–Trinajstić information content (AvgIpc) is 0.892. The fourth-order valence-electron chi connectivity index (χ4n) is 15.0. The molecule has 838 valence electrons. The van der Waals surface area contributed by atoms with Crippen LogP contribution in [0.1, 0.15) is 237 Å². The molecule has 0 saturated carbocycles. The van der Waals surface area contributed by atoms with Crippen LogP contribution >= 0.6 is 47.0 Å². The molecule has 0 rings (SSSR count). The maximum Gasteiger partial charge on any atom is 0.407 e. The van der Waals surface area contributed by atoms with Gasteiger partial charge in [0.1, 0.15) is 78.9 Å². The third kappa shape index (κ3) is 100.0. The Balaban J connectivity index is -0.000000170. The Morgan fingerprint density at radius 2 is 0.397 bits per heavy atom. The Labute approximate surface area is 882 Å². The number of quaternary nitrogens is 10. The quantitative estimate of drug-likeness (QED) is 0.0187. The number of primary amides is 4. The molecule has 0 aliphatic heterocycles. The van der Waals surface area contributed by atoms with Gasteiger partial charge in [-0.2, -0.15) is 0 Å². The van der Waals surface area contributed by atoms with Crippen molar-refractivity contribution >= 4 is 104 Å². The van der Waals surface area contributed by atoms with E-state index in [0.717, 1.165) is 235 Å². The zero-order valence-corrected chi connectivity index (χ0v) is 101. The Kier molecular flexibility index (Phi) is 109. The highest BCUT2D eigenvalue weighted by atomic mass is 32.2. The van der Waals surface area contributed by atoms with E-state index in [4.69, 9.17) is 46.6 Å². The number of unbranched alkanes of at least 4 members (excludes halogenated alkanes) is 2. The highest BCUT2D eigenvalue weighted by Gasteiger charge is 2.29. The zero-order valence-electron chi connectivity index (χ0n) is 97.6. The summed E-state index contributed by atoms with van der Waals surface area (Å²) in [4.78, 5) is 108. The minimum absolute atomic E-state index is 0.158. The fraction of sp³-hybridized carbons (Fsp3) is 0.829. The minimum Gasteiger partial charge on any atom is -0.444 e. The summed E-state index contributed by atoms with van der Waals surface area (Å²) < 4.78 is 38.7. The average molecular weight is 2100 g/mol. The fourth-order valence-corrected chi connectivity index (χ4v) is 18.8. The molecule has 141 heavy (non-hydrogen) atoms. The van der Waals surface area contributed by atoms with Gasteiger partial charge in [-0.25, -0.2) is 28.8 Å². The topological polar surface area (TPSA) is 354 Å². The van der Waals surface area contributed by atoms with Gasteiger partial charge in [-0.05, 0) is 193 Å². The molecule has 0 spiro atoms. The largest absolute Gasteiger partial charge is 0.444 e. The normalized spacial score (nSPS) is 12.4. The van der Waals surface area contributed by atoms with E-state index >= 15 is 0 Å².